The van der Waals surface area contributed by atoms with Crippen molar-refractivity contribution in [3.8, 4) is 0 Å². The molecule has 0 fully saturated rings. The monoisotopic (exact) mass is 433 g/mol. The van der Waals surface area contributed by atoms with Crippen molar-refractivity contribution < 1.29 is 19.3 Å². The average Bonchev–Trinajstić information content (AvgIpc) is 2.77. The fourth-order valence-electron chi connectivity index (χ4n) is 2.86. The number of hydrogen-bond acceptors (Lipinski definition) is 6. The number of hydrogen-bond donors (Lipinski definition) is 0. The maximum Gasteiger partial charge on any atom is 0.276 e. The largest absolute Gasteiger partial charge is 0.492 e. The van der Waals surface area contributed by atoms with Crippen LogP contribution in [0.15, 0.2) is 79.1 Å². The summed E-state index contributed by atoms with van der Waals surface area (Å²) in [6, 6.07) is 19.8. The molecule has 3 rings (SSSR count). The summed E-state index contributed by atoms with van der Waals surface area (Å²) >= 11 is 0. The molecule has 155 valence electrons. The van der Waals surface area contributed by atoms with Gasteiger partial charge in [-0.05, 0) is 12.1 Å². The number of para-hydroxylation sites is 2. The molecule has 0 saturated heterocycles. The number of nitrogens with zero attached hydrogens (tertiary/aromatic N) is 2. The second kappa shape index (κ2) is 10.2. The zero-order valence-electron chi connectivity index (χ0n) is 16.3. The van der Waals surface area contributed by atoms with Gasteiger partial charge in [0.05, 0.1) is 31.2 Å². The molecule has 9 heteroatoms. The molecule has 0 aliphatic heterocycles. The average molecular weight is 433 g/mol. The van der Waals surface area contributed by atoms with Gasteiger partial charge in [0, 0.05) is 17.7 Å². The first kappa shape index (κ1) is 21.7. The minimum atomic E-state index is -0.470. The Morgan fingerprint density at radius 3 is 1.90 bits per heavy atom. The molecule has 0 N–H and O–H groups in total. The minimum absolute atomic E-state index is 0.0423. The van der Waals surface area contributed by atoms with Crippen LogP contribution in [0, 0.1) is 20.2 Å². The van der Waals surface area contributed by atoms with Gasteiger partial charge < -0.3 is 9.47 Å². The summed E-state index contributed by atoms with van der Waals surface area (Å²) in [5.74, 6) is 0.322. The van der Waals surface area contributed by atoms with Gasteiger partial charge in [-0.25, -0.2) is 0 Å². The molecule has 0 aliphatic carbocycles. The summed E-state index contributed by atoms with van der Waals surface area (Å²) in [4.78, 5) is 21.5. The maximum absolute atomic E-state index is 11.3. The zero-order valence-corrected chi connectivity index (χ0v) is 17.3. The van der Waals surface area contributed by atoms with E-state index in [4.69, 9.17) is 9.47 Å². The molecule has 0 spiro atoms. The lowest BCUT2D eigenvalue weighted by atomic mass is 10.1. The van der Waals surface area contributed by atoms with Crippen LogP contribution in [0.5, 0.6) is 0 Å². The van der Waals surface area contributed by atoms with Crippen molar-refractivity contribution >= 4 is 32.6 Å². The van der Waals surface area contributed by atoms with E-state index in [-0.39, 0.29) is 24.6 Å². The molecule has 8 nitrogen and oxygen atoms in total. The third-order valence-corrected chi connectivity index (χ3v) is 4.82. The molecule has 0 aromatic heterocycles. The van der Waals surface area contributed by atoms with Gasteiger partial charge in [-0.15, -0.1) is 0 Å². The van der Waals surface area contributed by atoms with Crippen LogP contribution < -0.4 is 5.19 Å². The van der Waals surface area contributed by atoms with E-state index in [9.17, 15) is 20.2 Å². The SMILES string of the molecule is O=[N+]([O-])c1ccccc1COC=C(OCc1ccccc1[N+](=O)[O-])c1ccccc1[Si]. The quantitative estimate of drug-likeness (QED) is 0.218. The summed E-state index contributed by atoms with van der Waals surface area (Å²) in [6.07, 6.45) is 1.35. The van der Waals surface area contributed by atoms with Gasteiger partial charge in [-0.3, -0.25) is 20.2 Å². The van der Waals surface area contributed by atoms with Gasteiger partial charge in [0.2, 0.25) is 0 Å². The first-order chi connectivity index (χ1) is 15.0. The summed E-state index contributed by atoms with van der Waals surface area (Å²) < 4.78 is 11.5. The van der Waals surface area contributed by atoms with E-state index in [0.717, 1.165) is 5.19 Å². The van der Waals surface area contributed by atoms with Gasteiger partial charge in [-0.1, -0.05) is 53.7 Å². The lowest BCUT2D eigenvalue weighted by Crippen LogP contribution is -2.11. The van der Waals surface area contributed by atoms with Gasteiger partial charge in [0.15, 0.2) is 5.76 Å². The third-order valence-electron chi connectivity index (χ3n) is 4.38. The molecular formula is C22H17N2O6Si. The van der Waals surface area contributed by atoms with Crippen molar-refractivity contribution in [2.75, 3.05) is 0 Å². The molecular weight excluding hydrogens is 416 g/mol. The topological polar surface area (TPSA) is 105 Å². The minimum Gasteiger partial charge on any atom is -0.492 e. The second-order valence-electron chi connectivity index (χ2n) is 6.40. The van der Waals surface area contributed by atoms with Gasteiger partial charge in [0.25, 0.3) is 11.4 Å². The van der Waals surface area contributed by atoms with E-state index in [0.29, 0.717) is 22.4 Å². The predicted octanol–water partition coefficient (Wildman–Crippen LogP) is 4.03. The Kier molecular flexibility index (Phi) is 7.12. The van der Waals surface area contributed by atoms with Gasteiger partial charge in [0.1, 0.15) is 19.5 Å². The second-order valence-corrected chi connectivity index (χ2v) is 6.94. The maximum atomic E-state index is 11.3. The van der Waals surface area contributed by atoms with Crippen LogP contribution in [0.1, 0.15) is 16.7 Å². The van der Waals surface area contributed by atoms with E-state index in [1.54, 1.807) is 42.5 Å². The van der Waals surface area contributed by atoms with Crippen molar-refractivity contribution in [3.63, 3.8) is 0 Å². The Bertz CT molecular complexity index is 1130. The summed E-state index contributed by atoms with van der Waals surface area (Å²) in [5.41, 5.74) is 1.39. The molecule has 3 radical (unpaired) electrons. The highest BCUT2D eigenvalue weighted by atomic mass is 28.1. The molecule has 3 aromatic rings. The van der Waals surface area contributed by atoms with Crippen LogP contribution >= 0.6 is 0 Å². The lowest BCUT2D eigenvalue weighted by molar-refractivity contribution is -0.386. The van der Waals surface area contributed by atoms with Crippen LogP contribution in [0.25, 0.3) is 5.76 Å². The normalized spacial score (nSPS) is 11.1. The summed E-state index contributed by atoms with van der Waals surface area (Å²) in [5, 5.41) is 23.2. The summed E-state index contributed by atoms with van der Waals surface area (Å²) in [6.45, 7) is -0.0994. The highest BCUT2D eigenvalue weighted by molar-refractivity contribution is 6.34. The van der Waals surface area contributed by atoms with Crippen molar-refractivity contribution in [1.29, 1.82) is 0 Å². The fraction of sp³-hybridized carbons (Fsp3) is 0.0909. The predicted molar refractivity (Wildman–Crippen MR) is 116 cm³/mol. The molecule has 3 aromatic carbocycles. The Morgan fingerprint density at radius 1 is 0.806 bits per heavy atom. The van der Waals surface area contributed by atoms with Crippen LogP contribution in [0.3, 0.4) is 0 Å². The van der Waals surface area contributed by atoms with E-state index < -0.39 is 9.85 Å². The molecule has 0 unspecified atom stereocenters. The van der Waals surface area contributed by atoms with Crippen LogP contribution in [0.2, 0.25) is 0 Å². The number of nitro benzene ring substituents is 2. The first-order valence-electron chi connectivity index (χ1n) is 9.17. The van der Waals surface area contributed by atoms with Crippen LogP contribution in [-0.4, -0.2) is 20.1 Å². The van der Waals surface area contributed by atoms with Crippen molar-refractivity contribution in [2.45, 2.75) is 13.2 Å². The number of nitro groups is 2. The Morgan fingerprint density at radius 2 is 1.32 bits per heavy atom. The Hall–Kier alpha value is -3.98. The van der Waals surface area contributed by atoms with Crippen molar-refractivity contribution in [2.24, 2.45) is 0 Å². The molecule has 0 bridgehead atoms. The van der Waals surface area contributed by atoms with E-state index in [2.05, 4.69) is 10.2 Å². The number of rotatable bonds is 9. The highest BCUT2D eigenvalue weighted by Gasteiger charge is 2.16. The van der Waals surface area contributed by atoms with Crippen molar-refractivity contribution in [1.82, 2.24) is 0 Å². The smallest absolute Gasteiger partial charge is 0.276 e. The number of ether oxygens (including phenoxy) is 2. The van der Waals surface area contributed by atoms with E-state index in [1.165, 1.54) is 18.4 Å². The fourth-order valence-corrected chi connectivity index (χ4v) is 3.16. The third kappa shape index (κ3) is 5.55. The van der Waals surface area contributed by atoms with E-state index in [1.807, 2.05) is 18.2 Å². The van der Waals surface area contributed by atoms with Crippen molar-refractivity contribution in [3.05, 3.63) is 116 Å². The zero-order chi connectivity index (χ0) is 22.2. The standard InChI is InChI=1S/C22H17N2O6Si/c25-23(26)19-10-4-1-7-16(19)13-29-15-21(18-9-3-6-12-22(18)31)30-14-17-8-2-5-11-20(17)24(27)28/h1-12,15H,13-14H2. The van der Waals surface area contributed by atoms with E-state index >= 15 is 0 Å². The first-order valence-corrected chi connectivity index (χ1v) is 9.67. The molecule has 0 saturated carbocycles. The Labute approximate surface area is 181 Å². The van der Waals surface area contributed by atoms with Crippen LogP contribution in [0.4, 0.5) is 11.4 Å². The van der Waals surface area contributed by atoms with Gasteiger partial charge >= 0.3 is 0 Å². The molecule has 31 heavy (non-hydrogen) atoms. The molecule has 0 atom stereocenters. The summed E-state index contributed by atoms with van der Waals surface area (Å²) in [7, 11) is 3.51. The molecule has 0 amide bonds. The lowest BCUT2D eigenvalue weighted by Gasteiger charge is -2.13. The van der Waals surface area contributed by atoms with Gasteiger partial charge in [-0.2, -0.15) is 0 Å². The molecule has 0 heterocycles. The highest BCUT2D eigenvalue weighted by Crippen LogP contribution is 2.23. The Balaban J connectivity index is 1.84. The van der Waals surface area contributed by atoms with Crippen LogP contribution in [-0.2, 0) is 22.7 Å². The number of benzene rings is 3. The molecule has 0 aliphatic rings.